The molecule has 1 aromatic heterocycles. The molecule has 3 aliphatic rings. The minimum absolute atomic E-state index is 0.0597. The first-order chi connectivity index (χ1) is 13.1. The van der Waals surface area contributed by atoms with Crippen LogP contribution < -0.4 is 0 Å². The van der Waals surface area contributed by atoms with Crippen LogP contribution in [0.3, 0.4) is 0 Å². The standard InChI is InChI=1S/C19H22Cl2N4O2/c20-15-3-1-2-14(10-15)11-16(21)17-12-22-18-13-24(4-5-25(17)18)19(26)23-6-8-27-9-7-23/h3,10-12H,1-2,4-9,13H2/b16-11-. The molecule has 8 heteroatoms. The molecule has 6 nitrogen and oxygen atoms in total. The lowest BCUT2D eigenvalue weighted by atomic mass is 10.0. The van der Waals surface area contributed by atoms with E-state index in [9.17, 15) is 4.79 Å². The fraction of sp³-hybridized carbons (Fsp3) is 0.474. The second-order valence-electron chi connectivity index (χ2n) is 6.85. The van der Waals surface area contributed by atoms with E-state index in [-0.39, 0.29) is 6.03 Å². The Labute approximate surface area is 168 Å². The average molecular weight is 409 g/mol. The van der Waals surface area contributed by atoms with Crippen LogP contribution in [0.4, 0.5) is 4.79 Å². The van der Waals surface area contributed by atoms with Crippen LogP contribution in [-0.4, -0.2) is 58.2 Å². The highest BCUT2D eigenvalue weighted by Gasteiger charge is 2.28. The van der Waals surface area contributed by atoms with Gasteiger partial charge in [-0.1, -0.05) is 29.3 Å². The van der Waals surface area contributed by atoms with Crippen molar-refractivity contribution in [1.82, 2.24) is 19.4 Å². The number of carbonyl (C=O) groups excluding carboxylic acids is 1. The summed E-state index contributed by atoms with van der Waals surface area (Å²) in [4.78, 5) is 20.9. The van der Waals surface area contributed by atoms with Gasteiger partial charge in [0.2, 0.25) is 0 Å². The lowest BCUT2D eigenvalue weighted by molar-refractivity contribution is 0.0408. The van der Waals surface area contributed by atoms with Crippen molar-refractivity contribution in [3.05, 3.63) is 46.5 Å². The zero-order valence-corrected chi connectivity index (χ0v) is 16.5. The molecular weight excluding hydrogens is 387 g/mol. The normalized spacial score (nSPS) is 20.9. The first-order valence-electron chi connectivity index (χ1n) is 9.21. The van der Waals surface area contributed by atoms with Crippen LogP contribution >= 0.6 is 23.2 Å². The summed E-state index contributed by atoms with van der Waals surface area (Å²) in [6, 6.07) is 0.0597. The molecule has 1 aliphatic carbocycles. The molecule has 144 valence electrons. The highest BCUT2D eigenvalue weighted by molar-refractivity contribution is 6.48. The number of imidazole rings is 1. The summed E-state index contributed by atoms with van der Waals surface area (Å²) < 4.78 is 7.43. The highest BCUT2D eigenvalue weighted by atomic mass is 35.5. The van der Waals surface area contributed by atoms with Crippen LogP contribution in [0.5, 0.6) is 0 Å². The van der Waals surface area contributed by atoms with Crippen LogP contribution in [0.15, 0.2) is 35.0 Å². The summed E-state index contributed by atoms with van der Waals surface area (Å²) in [5.74, 6) is 0.861. The van der Waals surface area contributed by atoms with Crippen molar-refractivity contribution in [2.75, 3.05) is 32.8 Å². The van der Waals surface area contributed by atoms with Gasteiger partial charge in [0.1, 0.15) is 5.82 Å². The van der Waals surface area contributed by atoms with Gasteiger partial charge >= 0.3 is 6.03 Å². The van der Waals surface area contributed by atoms with E-state index in [0.717, 1.165) is 35.0 Å². The monoisotopic (exact) mass is 408 g/mol. The fourth-order valence-electron chi connectivity index (χ4n) is 3.60. The number of urea groups is 1. The first kappa shape index (κ1) is 18.6. The molecule has 0 aromatic carbocycles. The van der Waals surface area contributed by atoms with Crippen molar-refractivity contribution in [2.24, 2.45) is 0 Å². The number of nitrogens with zero attached hydrogens (tertiary/aromatic N) is 4. The molecule has 2 aliphatic heterocycles. The van der Waals surface area contributed by atoms with Crippen molar-refractivity contribution in [3.8, 4) is 0 Å². The maximum absolute atomic E-state index is 12.7. The molecule has 0 unspecified atom stereocenters. The van der Waals surface area contributed by atoms with Gasteiger partial charge in [0.05, 0.1) is 36.7 Å². The number of halogens is 2. The summed E-state index contributed by atoms with van der Waals surface area (Å²) in [5.41, 5.74) is 2.00. The minimum Gasteiger partial charge on any atom is -0.378 e. The van der Waals surface area contributed by atoms with E-state index >= 15 is 0 Å². The van der Waals surface area contributed by atoms with Gasteiger partial charge in [-0.05, 0) is 30.6 Å². The number of hydrogen-bond acceptors (Lipinski definition) is 3. The van der Waals surface area contributed by atoms with Gasteiger partial charge in [-0.15, -0.1) is 0 Å². The van der Waals surface area contributed by atoms with Gasteiger partial charge in [-0.25, -0.2) is 9.78 Å². The quantitative estimate of drug-likeness (QED) is 0.751. The molecule has 2 amide bonds. The molecule has 27 heavy (non-hydrogen) atoms. The second kappa shape index (κ2) is 8.09. The third-order valence-corrected chi connectivity index (χ3v) is 5.63. The second-order valence-corrected chi connectivity index (χ2v) is 7.70. The number of hydrogen-bond donors (Lipinski definition) is 0. The molecule has 1 aromatic rings. The summed E-state index contributed by atoms with van der Waals surface area (Å²) >= 11 is 12.7. The molecule has 0 saturated carbocycles. The predicted molar refractivity (Wildman–Crippen MR) is 106 cm³/mol. The Morgan fingerprint density at radius 2 is 2.00 bits per heavy atom. The molecule has 3 heterocycles. The summed E-state index contributed by atoms with van der Waals surface area (Å²) in [7, 11) is 0. The van der Waals surface area contributed by atoms with Gasteiger partial charge < -0.3 is 19.1 Å². The molecule has 1 saturated heterocycles. The van der Waals surface area contributed by atoms with Gasteiger partial charge in [-0.3, -0.25) is 0 Å². The number of carbonyl (C=O) groups is 1. The fourth-order valence-corrected chi connectivity index (χ4v) is 4.14. The Bertz CT molecular complexity index is 822. The molecule has 0 atom stereocenters. The Balaban J connectivity index is 1.48. The van der Waals surface area contributed by atoms with Crippen LogP contribution in [0.2, 0.25) is 0 Å². The zero-order valence-electron chi connectivity index (χ0n) is 15.0. The maximum Gasteiger partial charge on any atom is 0.320 e. The Morgan fingerprint density at radius 1 is 1.19 bits per heavy atom. The minimum atomic E-state index is 0.0597. The van der Waals surface area contributed by atoms with E-state index < -0.39 is 0 Å². The van der Waals surface area contributed by atoms with E-state index in [1.807, 2.05) is 28.0 Å². The van der Waals surface area contributed by atoms with E-state index in [4.69, 9.17) is 27.9 Å². The number of fused-ring (bicyclic) bond motifs is 1. The highest BCUT2D eigenvalue weighted by Crippen LogP contribution is 2.28. The topological polar surface area (TPSA) is 50.6 Å². The molecule has 0 spiro atoms. The van der Waals surface area contributed by atoms with Crippen LogP contribution in [0, 0.1) is 0 Å². The van der Waals surface area contributed by atoms with Crippen molar-refractivity contribution in [2.45, 2.75) is 25.9 Å². The van der Waals surface area contributed by atoms with Crippen LogP contribution in [0.25, 0.3) is 5.03 Å². The Morgan fingerprint density at radius 3 is 2.78 bits per heavy atom. The third kappa shape index (κ3) is 4.08. The van der Waals surface area contributed by atoms with E-state index in [1.54, 1.807) is 6.20 Å². The number of ether oxygens (including phenoxy) is 1. The number of morpholine rings is 1. The van der Waals surface area contributed by atoms with Gasteiger partial charge in [-0.2, -0.15) is 0 Å². The summed E-state index contributed by atoms with van der Waals surface area (Å²) in [6.45, 7) is 4.34. The van der Waals surface area contributed by atoms with Crippen molar-refractivity contribution in [3.63, 3.8) is 0 Å². The van der Waals surface area contributed by atoms with E-state index in [0.29, 0.717) is 51.0 Å². The van der Waals surface area contributed by atoms with Crippen molar-refractivity contribution in [1.29, 1.82) is 0 Å². The predicted octanol–water partition coefficient (Wildman–Crippen LogP) is 3.57. The third-order valence-electron chi connectivity index (χ3n) is 5.07. The van der Waals surface area contributed by atoms with Crippen molar-refractivity contribution >= 4 is 34.3 Å². The average Bonchev–Trinajstić information content (AvgIpc) is 3.11. The van der Waals surface area contributed by atoms with Gasteiger partial charge in [0.15, 0.2) is 0 Å². The molecule has 4 rings (SSSR count). The Kier molecular flexibility index (Phi) is 5.57. The molecule has 0 bridgehead atoms. The van der Waals surface area contributed by atoms with E-state index in [2.05, 4.69) is 9.55 Å². The number of allylic oxidation sites excluding steroid dienone is 5. The lowest BCUT2D eigenvalue weighted by Gasteiger charge is -2.35. The van der Waals surface area contributed by atoms with Crippen molar-refractivity contribution < 1.29 is 9.53 Å². The SMILES string of the molecule is O=C(N1CCOCC1)N1CCn2c(/C(Cl)=C/C3=CC(Cl)=CCC3)cnc2C1. The van der Waals surface area contributed by atoms with Crippen LogP contribution in [-0.2, 0) is 17.8 Å². The smallest absolute Gasteiger partial charge is 0.320 e. The van der Waals surface area contributed by atoms with Gasteiger partial charge in [0, 0.05) is 31.2 Å². The number of rotatable bonds is 2. The van der Waals surface area contributed by atoms with E-state index in [1.165, 1.54) is 0 Å². The summed E-state index contributed by atoms with van der Waals surface area (Å²) in [6.07, 6.45) is 9.56. The molecule has 1 fully saturated rings. The Hall–Kier alpha value is -1.76. The van der Waals surface area contributed by atoms with Gasteiger partial charge in [0.25, 0.3) is 0 Å². The maximum atomic E-state index is 12.7. The first-order valence-corrected chi connectivity index (χ1v) is 9.97. The zero-order chi connectivity index (χ0) is 18.8. The van der Waals surface area contributed by atoms with Crippen LogP contribution in [0.1, 0.15) is 24.4 Å². The summed E-state index contributed by atoms with van der Waals surface area (Å²) in [5, 5.41) is 1.41. The molecular formula is C19H22Cl2N4O2. The number of aromatic nitrogens is 2. The lowest BCUT2D eigenvalue weighted by Crippen LogP contribution is -2.50. The molecule has 0 N–H and O–H groups in total. The number of amides is 2. The molecule has 0 radical (unpaired) electrons. The largest absolute Gasteiger partial charge is 0.378 e.